The molecule has 12 heteroatoms. The van der Waals surface area contributed by atoms with Crippen LogP contribution in [0.4, 0.5) is 10.5 Å². The second-order valence-corrected chi connectivity index (χ2v) is 7.37. The second kappa shape index (κ2) is 27.7. The third-order valence-electron chi connectivity index (χ3n) is 3.26. The molecule has 0 fully saturated rings. The number of amides is 2. The van der Waals surface area contributed by atoms with Crippen LogP contribution in [0, 0.1) is 4.91 Å². The Bertz CT molecular complexity index is 702. The minimum absolute atomic E-state index is 0. The Morgan fingerprint density at radius 2 is 1.48 bits per heavy atom. The van der Waals surface area contributed by atoms with Gasteiger partial charge in [-0.2, -0.15) is 4.91 Å². The van der Waals surface area contributed by atoms with E-state index >= 15 is 0 Å². The Morgan fingerprint density at radius 1 is 1.06 bits per heavy atom. The van der Waals surface area contributed by atoms with E-state index in [0.29, 0.717) is 17.7 Å². The first-order valence-corrected chi connectivity index (χ1v) is 11.6. The molecule has 1 rings (SSSR count). The third kappa shape index (κ3) is 20.0. The van der Waals surface area contributed by atoms with Crippen molar-refractivity contribution in [2.45, 2.75) is 65.9 Å². The van der Waals surface area contributed by atoms with Gasteiger partial charge in [-0.15, -0.1) is 0 Å². The molecule has 1 aromatic carbocycles. The number of hydrogen-bond acceptors (Lipinski definition) is 7. The van der Waals surface area contributed by atoms with Gasteiger partial charge in [0.05, 0.1) is 19.9 Å². The largest absolute Gasteiger partial charge is 0.468 e. The molecule has 9 nitrogen and oxygen atoms in total. The van der Waals surface area contributed by atoms with Gasteiger partial charge in [0.15, 0.2) is 15.1 Å². The molecule has 1 atom stereocenters. The van der Waals surface area contributed by atoms with Crippen LogP contribution < -0.4 is 10.6 Å². The first-order valence-electron chi connectivity index (χ1n) is 9.84. The zero-order valence-corrected chi connectivity index (χ0v) is 21.3. The highest BCUT2D eigenvalue weighted by atomic mass is 32.2. The minimum atomic E-state index is -3.66. The Balaban J connectivity index is -0.000000164. The number of methoxy groups -OCH3 is 1. The molecule has 0 aliphatic carbocycles. The molecule has 0 spiro atoms. The van der Waals surface area contributed by atoms with E-state index in [4.69, 9.17) is 4.91 Å². The number of esters is 1. The molecule has 0 saturated heterocycles. The van der Waals surface area contributed by atoms with Crippen LogP contribution in [0.15, 0.2) is 29.4 Å². The van der Waals surface area contributed by atoms with Crippen molar-refractivity contribution in [3.05, 3.63) is 34.7 Å². The average Bonchev–Trinajstić information content (AvgIpc) is 2.75. The SMILES string of the molecule is C.CC.CC.CCCC(C(=O)OC)S(=O)(=O)Cc1ccc(NC(=O)NC)cc1.CN=O.[B].[B]. The van der Waals surface area contributed by atoms with Gasteiger partial charge < -0.3 is 15.4 Å². The summed E-state index contributed by atoms with van der Waals surface area (Å²) in [5.74, 6) is -0.989. The van der Waals surface area contributed by atoms with Gasteiger partial charge in [-0.3, -0.25) is 4.79 Å². The van der Waals surface area contributed by atoms with Crippen LogP contribution in [0.3, 0.4) is 0 Å². The maximum absolute atomic E-state index is 12.4. The molecule has 0 heterocycles. The summed E-state index contributed by atoms with van der Waals surface area (Å²) >= 11 is 0. The highest BCUT2D eigenvalue weighted by Gasteiger charge is 2.32. The predicted molar refractivity (Wildman–Crippen MR) is 141 cm³/mol. The van der Waals surface area contributed by atoms with Gasteiger partial charge in [-0.1, -0.05) is 65.8 Å². The summed E-state index contributed by atoms with van der Waals surface area (Å²) in [5.41, 5.74) is 1.08. The van der Waals surface area contributed by atoms with E-state index in [9.17, 15) is 18.0 Å². The number of hydrogen-bond donors (Lipinski definition) is 2. The molecule has 0 aliphatic rings. The van der Waals surface area contributed by atoms with Crippen LogP contribution >= 0.6 is 0 Å². The van der Waals surface area contributed by atoms with E-state index in [1.165, 1.54) is 21.2 Å². The van der Waals surface area contributed by atoms with Crippen LogP contribution in [0.25, 0.3) is 0 Å². The Hall–Kier alpha value is -2.36. The molecule has 1 unspecified atom stereocenters. The molecule has 33 heavy (non-hydrogen) atoms. The fraction of sp³-hybridized carbons (Fsp3) is 0.619. The van der Waals surface area contributed by atoms with Crippen LogP contribution in [0.2, 0.25) is 0 Å². The first-order chi connectivity index (χ1) is 14.2. The number of nitrogens with zero attached hydrogens (tertiary/aromatic N) is 1. The lowest BCUT2D eigenvalue weighted by Gasteiger charge is -2.15. The maximum Gasteiger partial charge on any atom is 0.324 e. The van der Waals surface area contributed by atoms with E-state index in [0.717, 1.165) is 0 Å². The number of nitroso groups, excluding NO2 is 1. The summed E-state index contributed by atoms with van der Waals surface area (Å²) in [6.07, 6.45) is 0.791. The van der Waals surface area contributed by atoms with Crippen molar-refractivity contribution in [2.75, 3.05) is 26.5 Å². The van der Waals surface area contributed by atoms with E-state index in [1.807, 2.05) is 34.6 Å². The summed E-state index contributed by atoms with van der Waals surface area (Å²) in [5, 5.41) is 6.09. The van der Waals surface area contributed by atoms with Crippen molar-refractivity contribution < 1.29 is 22.7 Å². The molecular formula is C21H41B2N3O6S. The Labute approximate surface area is 204 Å². The quantitative estimate of drug-likeness (QED) is 0.341. The van der Waals surface area contributed by atoms with E-state index in [-0.39, 0.29) is 42.5 Å². The van der Waals surface area contributed by atoms with Crippen LogP contribution in [-0.2, 0) is 25.1 Å². The smallest absolute Gasteiger partial charge is 0.324 e. The molecular weight excluding hydrogens is 444 g/mol. The number of carbonyl (C=O) groups excluding carboxylic acids is 2. The van der Waals surface area contributed by atoms with Crippen LogP contribution in [0.5, 0.6) is 0 Å². The Kier molecular flexibility index (Phi) is 37.2. The van der Waals surface area contributed by atoms with Crippen LogP contribution in [0.1, 0.15) is 60.5 Å². The van der Waals surface area contributed by atoms with Crippen molar-refractivity contribution in [3.63, 3.8) is 0 Å². The van der Waals surface area contributed by atoms with Crippen LogP contribution in [-0.4, -0.2) is 63.7 Å². The molecule has 0 bridgehead atoms. The molecule has 0 saturated carbocycles. The zero-order valence-electron chi connectivity index (χ0n) is 20.5. The van der Waals surface area contributed by atoms with Gasteiger partial charge in [0, 0.05) is 29.6 Å². The van der Waals surface area contributed by atoms with E-state index < -0.39 is 21.1 Å². The van der Waals surface area contributed by atoms with Gasteiger partial charge in [0.2, 0.25) is 0 Å². The maximum atomic E-state index is 12.4. The number of ether oxygens (including phenoxy) is 1. The van der Waals surface area contributed by atoms with Gasteiger partial charge >= 0.3 is 12.0 Å². The highest BCUT2D eigenvalue weighted by Crippen LogP contribution is 2.18. The normalized spacial score (nSPS) is 9.33. The molecule has 2 amide bonds. The molecule has 6 radical (unpaired) electrons. The summed E-state index contributed by atoms with van der Waals surface area (Å²) in [7, 11) is 0.208. The third-order valence-corrected chi connectivity index (χ3v) is 5.29. The number of carbonyl (C=O) groups is 2. The highest BCUT2D eigenvalue weighted by molar-refractivity contribution is 7.92. The molecule has 2 N–H and O–H groups in total. The van der Waals surface area contributed by atoms with Gasteiger partial charge in [-0.05, 0) is 24.1 Å². The topological polar surface area (TPSA) is 131 Å². The number of urea groups is 1. The monoisotopic (exact) mass is 485 g/mol. The fourth-order valence-electron chi connectivity index (χ4n) is 2.05. The number of anilines is 1. The lowest BCUT2D eigenvalue weighted by Crippen LogP contribution is -2.32. The standard InChI is InChI=1S/C15H22N2O5S.2C2H6.CH3NO.CH4.2B/c1-4-5-13(14(18)22-3)23(20,21)10-11-6-8-12(9-7-11)17-15(19)16-2;2*1-2;1-2-3;;;/h6-9,13H,4-5,10H2,1-3H3,(H2,16,17,19);2*1-2H3;1H3;1H4;;. The van der Waals surface area contributed by atoms with Gasteiger partial charge in [0.1, 0.15) is 0 Å². The van der Waals surface area contributed by atoms with Crippen molar-refractivity contribution in [1.82, 2.24) is 5.32 Å². The van der Waals surface area contributed by atoms with Crippen molar-refractivity contribution in [2.24, 2.45) is 5.18 Å². The lowest BCUT2D eigenvalue weighted by molar-refractivity contribution is -0.140. The predicted octanol–water partition coefficient (Wildman–Crippen LogP) is 4.00. The summed E-state index contributed by atoms with van der Waals surface area (Å²) in [6.45, 7) is 9.81. The lowest BCUT2D eigenvalue weighted by atomic mass is 10.2. The summed E-state index contributed by atoms with van der Waals surface area (Å²) in [4.78, 5) is 31.4. The second-order valence-electron chi connectivity index (χ2n) is 5.19. The summed E-state index contributed by atoms with van der Waals surface area (Å²) in [6, 6.07) is 6.05. The average molecular weight is 485 g/mol. The van der Waals surface area contributed by atoms with Gasteiger partial charge in [0.25, 0.3) is 0 Å². The number of rotatable bonds is 7. The molecule has 0 aliphatic heterocycles. The van der Waals surface area contributed by atoms with Gasteiger partial charge in [-0.25, -0.2) is 13.2 Å². The van der Waals surface area contributed by atoms with E-state index in [1.54, 1.807) is 24.3 Å². The van der Waals surface area contributed by atoms with E-state index in [2.05, 4.69) is 20.5 Å². The minimum Gasteiger partial charge on any atom is -0.468 e. The Morgan fingerprint density at radius 3 is 1.82 bits per heavy atom. The van der Waals surface area contributed by atoms with Crippen molar-refractivity contribution in [1.29, 1.82) is 0 Å². The molecule has 1 aromatic rings. The molecule has 0 aromatic heterocycles. The van der Waals surface area contributed by atoms with Crippen molar-refractivity contribution >= 4 is 44.4 Å². The van der Waals surface area contributed by atoms with Crippen molar-refractivity contribution in [3.8, 4) is 0 Å². The number of nitrogens with one attached hydrogen (secondary N) is 2. The molecule has 188 valence electrons. The zero-order chi connectivity index (χ0) is 24.2. The first kappa shape index (κ1) is 44.3. The summed E-state index contributed by atoms with van der Waals surface area (Å²) < 4.78 is 29.4. The fourth-order valence-corrected chi connectivity index (χ4v) is 3.89. The number of benzene rings is 1. The number of sulfone groups is 1.